The second kappa shape index (κ2) is 6.53. The predicted octanol–water partition coefficient (Wildman–Crippen LogP) is 4.74. The minimum absolute atomic E-state index is 0.265. The standard InChI is InChI=1S/C15H23ClN4/c1-5-6-7-8-11(4)14-18-13(16)12-9-17-20(10(2)3)15(12)19-14/h9-11H,5-8H2,1-4H3. The van der Waals surface area contributed by atoms with E-state index in [1.807, 2.05) is 4.68 Å². The molecule has 4 nitrogen and oxygen atoms in total. The van der Waals surface area contributed by atoms with Gasteiger partial charge in [-0.05, 0) is 20.3 Å². The Morgan fingerprint density at radius 2 is 1.95 bits per heavy atom. The van der Waals surface area contributed by atoms with Crippen molar-refractivity contribution in [3.8, 4) is 0 Å². The summed E-state index contributed by atoms with van der Waals surface area (Å²) in [5.74, 6) is 1.17. The Bertz CT molecular complexity index is 577. The van der Waals surface area contributed by atoms with E-state index in [0.717, 1.165) is 23.3 Å². The minimum Gasteiger partial charge on any atom is -0.245 e. The maximum atomic E-state index is 6.28. The molecule has 0 radical (unpaired) electrons. The summed E-state index contributed by atoms with van der Waals surface area (Å²) in [4.78, 5) is 9.15. The Balaban J connectivity index is 2.32. The normalized spacial score (nSPS) is 13.3. The highest BCUT2D eigenvalue weighted by Crippen LogP contribution is 2.26. The highest BCUT2D eigenvalue weighted by atomic mass is 35.5. The molecule has 0 aliphatic rings. The molecule has 20 heavy (non-hydrogen) atoms. The molecule has 5 heteroatoms. The smallest absolute Gasteiger partial charge is 0.163 e. The third-order valence-electron chi connectivity index (χ3n) is 3.60. The highest BCUT2D eigenvalue weighted by Gasteiger charge is 2.16. The molecule has 0 saturated heterocycles. The van der Waals surface area contributed by atoms with Crippen molar-refractivity contribution in [2.75, 3.05) is 0 Å². The molecule has 0 N–H and O–H groups in total. The highest BCUT2D eigenvalue weighted by molar-refractivity contribution is 6.33. The van der Waals surface area contributed by atoms with Crippen molar-refractivity contribution < 1.29 is 0 Å². The van der Waals surface area contributed by atoms with Crippen LogP contribution in [0.1, 0.15) is 71.2 Å². The van der Waals surface area contributed by atoms with Crippen LogP contribution in [0.5, 0.6) is 0 Å². The first-order valence-electron chi connectivity index (χ1n) is 7.45. The first-order chi connectivity index (χ1) is 9.54. The lowest BCUT2D eigenvalue weighted by Gasteiger charge is -2.12. The van der Waals surface area contributed by atoms with Crippen LogP contribution in [0.25, 0.3) is 11.0 Å². The predicted molar refractivity (Wildman–Crippen MR) is 83.3 cm³/mol. The zero-order chi connectivity index (χ0) is 14.7. The van der Waals surface area contributed by atoms with Crippen molar-refractivity contribution in [1.82, 2.24) is 19.7 Å². The second-order valence-electron chi connectivity index (χ2n) is 5.69. The maximum absolute atomic E-state index is 6.28. The van der Waals surface area contributed by atoms with Crippen molar-refractivity contribution in [1.29, 1.82) is 0 Å². The fourth-order valence-corrected chi connectivity index (χ4v) is 2.55. The van der Waals surface area contributed by atoms with E-state index in [9.17, 15) is 0 Å². The summed E-state index contributed by atoms with van der Waals surface area (Å²) in [5, 5.41) is 5.71. The molecule has 0 fully saturated rings. The van der Waals surface area contributed by atoms with E-state index in [2.05, 4.69) is 37.8 Å². The van der Waals surface area contributed by atoms with Gasteiger partial charge in [-0.2, -0.15) is 5.10 Å². The number of aromatic nitrogens is 4. The van der Waals surface area contributed by atoms with E-state index in [4.69, 9.17) is 16.6 Å². The molecule has 0 spiro atoms. The molecule has 2 aromatic rings. The van der Waals surface area contributed by atoms with Gasteiger partial charge in [0, 0.05) is 12.0 Å². The van der Waals surface area contributed by atoms with E-state index < -0.39 is 0 Å². The van der Waals surface area contributed by atoms with Gasteiger partial charge >= 0.3 is 0 Å². The lowest BCUT2D eigenvalue weighted by atomic mass is 10.0. The first kappa shape index (κ1) is 15.2. The van der Waals surface area contributed by atoms with Gasteiger partial charge in [0.05, 0.1) is 11.6 Å². The second-order valence-corrected chi connectivity index (χ2v) is 6.05. The molecular formula is C15H23ClN4. The topological polar surface area (TPSA) is 43.6 Å². The number of hydrogen-bond donors (Lipinski definition) is 0. The third kappa shape index (κ3) is 3.11. The summed E-state index contributed by atoms with van der Waals surface area (Å²) < 4.78 is 1.91. The third-order valence-corrected chi connectivity index (χ3v) is 3.88. The van der Waals surface area contributed by atoms with E-state index in [-0.39, 0.29) is 6.04 Å². The monoisotopic (exact) mass is 294 g/mol. The number of nitrogens with zero attached hydrogens (tertiary/aromatic N) is 4. The Kier molecular flexibility index (Phi) is 4.97. The molecule has 1 unspecified atom stereocenters. The number of fused-ring (bicyclic) bond motifs is 1. The summed E-state index contributed by atoms with van der Waals surface area (Å²) in [6.07, 6.45) is 6.55. The molecule has 0 bridgehead atoms. The quantitative estimate of drug-likeness (QED) is 0.570. The van der Waals surface area contributed by atoms with Gasteiger partial charge in [-0.1, -0.05) is 44.7 Å². The van der Waals surface area contributed by atoms with Gasteiger partial charge in [-0.3, -0.25) is 0 Å². The van der Waals surface area contributed by atoms with Crippen LogP contribution >= 0.6 is 11.6 Å². The van der Waals surface area contributed by atoms with Crippen LogP contribution in [-0.4, -0.2) is 19.7 Å². The van der Waals surface area contributed by atoms with Crippen LogP contribution in [0.4, 0.5) is 0 Å². The fraction of sp³-hybridized carbons (Fsp3) is 0.667. The summed E-state index contributed by atoms with van der Waals surface area (Å²) in [7, 11) is 0. The largest absolute Gasteiger partial charge is 0.245 e. The Morgan fingerprint density at radius 3 is 2.60 bits per heavy atom. The van der Waals surface area contributed by atoms with Crippen LogP contribution in [0.2, 0.25) is 5.15 Å². The molecule has 2 aromatic heterocycles. The lowest BCUT2D eigenvalue weighted by molar-refractivity contribution is 0.540. The van der Waals surface area contributed by atoms with Gasteiger partial charge in [-0.15, -0.1) is 0 Å². The Labute approximate surface area is 125 Å². The fourth-order valence-electron chi connectivity index (χ4n) is 2.33. The molecule has 1 atom stereocenters. The van der Waals surface area contributed by atoms with Crippen molar-refractivity contribution >= 4 is 22.6 Å². The van der Waals surface area contributed by atoms with Gasteiger partial charge in [0.2, 0.25) is 0 Å². The first-order valence-corrected chi connectivity index (χ1v) is 7.83. The van der Waals surface area contributed by atoms with Crippen molar-refractivity contribution in [3.63, 3.8) is 0 Å². The van der Waals surface area contributed by atoms with Gasteiger partial charge in [0.1, 0.15) is 11.0 Å². The lowest BCUT2D eigenvalue weighted by Crippen LogP contribution is -2.07. The van der Waals surface area contributed by atoms with Crippen LogP contribution in [0, 0.1) is 0 Å². The SMILES string of the molecule is CCCCCC(C)c1nc(Cl)c2cnn(C(C)C)c2n1. The Hall–Kier alpha value is -1.16. The van der Waals surface area contributed by atoms with E-state index in [0.29, 0.717) is 11.1 Å². The summed E-state index contributed by atoms with van der Waals surface area (Å²) >= 11 is 6.28. The van der Waals surface area contributed by atoms with E-state index in [1.54, 1.807) is 6.20 Å². The number of unbranched alkanes of at least 4 members (excludes halogenated alkanes) is 2. The van der Waals surface area contributed by atoms with Gasteiger partial charge < -0.3 is 0 Å². The van der Waals surface area contributed by atoms with Crippen LogP contribution in [-0.2, 0) is 0 Å². The summed E-state index contributed by atoms with van der Waals surface area (Å²) in [6.45, 7) is 8.56. The maximum Gasteiger partial charge on any atom is 0.163 e. The summed E-state index contributed by atoms with van der Waals surface area (Å²) in [6, 6.07) is 0.265. The number of halogens is 1. The van der Waals surface area contributed by atoms with E-state index in [1.165, 1.54) is 19.3 Å². The van der Waals surface area contributed by atoms with Crippen molar-refractivity contribution in [2.24, 2.45) is 0 Å². The molecule has 2 heterocycles. The molecule has 110 valence electrons. The molecule has 0 amide bonds. The van der Waals surface area contributed by atoms with Gasteiger partial charge in [-0.25, -0.2) is 14.6 Å². The van der Waals surface area contributed by atoms with Crippen LogP contribution in [0.15, 0.2) is 6.20 Å². The number of rotatable bonds is 6. The van der Waals surface area contributed by atoms with Gasteiger partial charge in [0.25, 0.3) is 0 Å². The van der Waals surface area contributed by atoms with Crippen LogP contribution in [0.3, 0.4) is 0 Å². The minimum atomic E-state index is 0.265. The van der Waals surface area contributed by atoms with E-state index >= 15 is 0 Å². The molecule has 0 saturated carbocycles. The van der Waals surface area contributed by atoms with Crippen molar-refractivity contribution in [2.45, 2.75) is 65.3 Å². The Morgan fingerprint density at radius 1 is 1.20 bits per heavy atom. The average Bonchev–Trinajstić information content (AvgIpc) is 2.83. The molecule has 0 aromatic carbocycles. The molecular weight excluding hydrogens is 272 g/mol. The molecule has 0 aliphatic carbocycles. The zero-order valence-electron chi connectivity index (χ0n) is 12.7. The van der Waals surface area contributed by atoms with Crippen molar-refractivity contribution in [3.05, 3.63) is 17.2 Å². The molecule has 0 aliphatic heterocycles. The summed E-state index contributed by atoms with van der Waals surface area (Å²) in [5.41, 5.74) is 0.845. The number of hydrogen-bond acceptors (Lipinski definition) is 3. The van der Waals surface area contributed by atoms with Crippen LogP contribution < -0.4 is 0 Å². The van der Waals surface area contributed by atoms with Gasteiger partial charge in [0.15, 0.2) is 5.65 Å². The average molecular weight is 295 g/mol. The molecule has 2 rings (SSSR count). The zero-order valence-corrected chi connectivity index (χ0v) is 13.5.